The maximum atomic E-state index is 2.66. The fourth-order valence-electron chi connectivity index (χ4n) is 2.72. The molecule has 88 valence electrons. The summed E-state index contributed by atoms with van der Waals surface area (Å²) in [6.45, 7) is 13.1. The second-order valence-electron chi connectivity index (χ2n) is 5.85. The van der Waals surface area contributed by atoms with E-state index >= 15 is 0 Å². The van der Waals surface area contributed by atoms with E-state index in [9.17, 15) is 0 Å². The summed E-state index contributed by atoms with van der Waals surface area (Å²) in [6.07, 6.45) is 0.608. The molecule has 1 atom stereocenters. The maximum absolute atomic E-state index is 2.66. The Hall–Kier alpha value is 0.620. The minimum atomic E-state index is 0.323. The van der Waals surface area contributed by atoms with Crippen LogP contribution in [0.2, 0.25) is 0 Å². The van der Waals surface area contributed by atoms with E-state index in [1.807, 2.05) is 0 Å². The van der Waals surface area contributed by atoms with Crippen molar-refractivity contribution in [2.45, 2.75) is 43.4 Å². The fraction of sp³-hybridized carbons (Fsp3) is 1.00. The molecule has 2 rings (SSSR count). The first kappa shape index (κ1) is 12.1. The highest BCUT2D eigenvalue weighted by atomic mass is 33.1. The van der Waals surface area contributed by atoms with Crippen molar-refractivity contribution in [3.63, 3.8) is 0 Å². The minimum absolute atomic E-state index is 0.323. The van der Waals surface area contributed by atoms with Crippen molar-refractivity contribution >= 4 is 21.6 Å². The van der Waals surface area contributed by atoms with E-state index in [4.69, 9.17) is 0 Å². The second-order valence-corrected chi connectivity index (χ2v) is 9.35. The van der Waals surface area contributed by atoms with Gasteiger partial charge in [0.15, 0.2) is 0 Å². The van der Waals surface area contributed by atoms with Crippen molar-refractivity contribution in [1.82, 2.24) is 9.80 Å². The Bertz CT molecular complexity index is 253. The standard InChI is InChI=1S/C11H22N2S2/c1-10(2)8-13-7-6-12(5)9(13)11(3,4)15-14-10/h9H,6-8H2,1-5H3. The smallest absolute Gasteiger partial charge is 0.0775 e. The highest BCUT2D eigenvalue weighted by Gasteiger charge is 2.46. The molecule has 0 aromatic carbocycles. The third-order valence-electron chi connectivity index (χ3n) is 3.19. The molecule has 0 spiro atoms. The van der Waals surface area contributed by atoms with Gasteiger partial charge in [-0.2, -0.15) is 0 Å². The molecule has 2 nitrogen and oxygen atoms in total. The summed E-state index contributed by atoms with van der Waals surface area (Å²) in [6, 6.07) is 0. The van der Waals surface area contributed by atoms with Crippen molar-refractivity contribution < 1.29 is 0 Å². The lowest BCUT2D eigenvalue weighted by Crippen LogP contribution is -2.50. The van der Waals surface area contributed by atoms with Crippen LogP contribution in [-0.4, -0.2) is 52.1 Å². The van der Waals surface area contributed by atoms with E-state index < -0.39 is 0 Å². The zero-order chi connectivity index (χ0) is 11.3. The maximum Gasteiger partial charge on any atom is 0.0775 e. The molecular weight excluding hydrogens is 224 g/mol. The fourth-order valence-corrected chi connectivity index (χ4v) is 5.54. The SMILES string of the molecule is CN1CCN2CC(C)(C)SSC(C)(C)C12. The van der Waals surface area contributed by atoms with Gasteiger partial charge in [-0.05, 0) is 34.7 Å². The summed E-state index contributed by atoms with van der Waals surface area (Å²) in [5.41, 5.74) is 0. The molecule has 0 radical (unpaired) electrons. The zero-order valence-corrected chi connectivity index (χ0v) is 12.0. The zero-order valence-electron chi connectivity index (χ0n) is 10.4. The van der Waals surface area contributed by atoms with Gasteiger partial charge in [-0.1, -0.05) is 21.6 Å². The van der Waals surface area contributed by atoms with Gasteiger partial charge in [0.25, 0.3) is 0 Å². The quantitative estimate of drug-likeness (QED) is 0.606. The average molecular weight is 246 g/mol. The van der Waals surface area contributed by atoms with Crippen LogP contribution in [0.15, 0.2) is 0 Å². The van der Waals surface area contributed by atoms with Gasteiger partial charge in [-0.15, -0.1) is 0 Å². The Morgan fingerprint density at radius 3 is 2.40 bits per heavy atom. The molecule has 0 aromatic heterocycles. The highest BCUT2D eigenvalue weighted by Crippen LogP contribution is 2.50. The van der Waals surface area contributed by atoms with E-state index in [1.54, 1.807) is 0 Å². The van der Waals surface area contributed by atoms with Crippen molar-refractivity contribution in [3.8, 4) is 0 Å². The normalized spacial score (nSPS) is 36.2. The van der Waals surface area contributed by atoms with Gasteiger partial charge in [0.05, 0.1) is 6.17 Å². The highest BCUT2D eigenvalue weighted by molar-refractivity contribution is 8.77. The molecule has 2 saturated heterocycles. The van der Waals surface area contributed by atoms with Gasteiger partial charge in [-0.3, -0.25) is 9.80 Å². The van der Waals surface area contributed by atoms with Gasteiger partial charge in [0.1, 0.15) is 0 Å². The van der Waals surface area contributed by atoms with E-state index in [0.717, 1.165) is 0 Å². The molecule has 15 heavy (non-hydrogen) atoms. The van der Waals surface area contributed by atoms with Crippen LogP contribution in [0.4, 0.5) is 0 Å². The molecule has 2 aliphatic rings. The first-order chi connectivity index (χ1) is 6.82. The van der Waals surface area contributed by atoms with Crippen molar-refractivity contribution in [2.24, 2.45) is 0 Å². The van der Waals surface area contributed by atoms with E-state index in [1.165, 1.54) is 19.6 Å². The summed E-state index contributed by atoms with van der Waals surface area (Å²) < 4.78 is 0.700. The van der Waals surface area contributed by atoms with Crippen LogP contribution in [0.1, 0.15) is 27.7 Å². The third-order valence-corrected chi connectivity index (χ3v) is 7.39. The van der Waals surface area contributed by atoms with Gasteiger partial charge >= 0.3 is 0 Å². The van der Waals surface area contributed by atoms with Crippen LogP contribution in [0.25, 0.3) is 0 Å². The van der Waals surface area contributed by atoms with Crippen LogP contribution in [0.3, 0.4) is 0 Å². The Balaban J connectivity index is 2.25. The molecule has 0 amide bonds. The van der Waals surface area contributed by atoms with E-state index in [-0.39, 0.29) is 0 Å². The molecule has 0 bridgehead atoms. The first-order valence-electron chi connectivity index (χ1n) is 5.63. The van der Waals surface area contributed by atoms with Crippen LogP contribution in [0.5, 0.6) is 0 Å². The summed E-state index contributed by atoms with van der Waals surface area (Å²) in [5, 5.41) is 0. The first-order valence-corrected chi connectivity index (χ1v) is 7.78. The number of hydrogen-bond acceptors (Lipinski definition) is 4. The minimum Gasteiger partial charge on any atom is -0.289 e. The van der Waals surface area contributed by atoms with E-state index in [2.05, 4.69) is 66.1 Å². The predicted molar refractivity (Wildman–Crippen MR) is 71.3 cm³/mol. The third kappa shape index (κ3) is 2.33. The number of fused-ring (bicyclic) bond motifs is 1. The number of nitrogens with zero attached hydrogens (tertiary/aromatic N) is 2. The monoisotopic (exact) mass is 246 g/mol. The predicted octanol–water partition coefficient (Wildman–Crippen LogP) is 2.51. The molecule has 0 aromatic rings. The van der Waals surface area contributed by atoms with Crippen molar-refractivity contribution in [2.75, 3.05) is 26.7 Å². The number of likely N-dealkylation sites (N-methyl/N-ethyl adjacent to an activating group) is 1. The second kappa shape index (κ2) is 3.83. The molecule has 0 saturated carbocycles. The molecule has 2 heterocycles. The van der Waals surface area contributed by atoms with Crippen LogP contribution >= 0.6 is 21.6 Å². The Labute approximate surface area is 102 Å². The van der Waals surface area contributed by atoms with Gasteiger partial charge in [0, 0.05) is 29.1 Å². The van der Waals surface area contributed by atoms with Gasteiger partial charge in [0.2, 0.25) is 0 Å². The van der Waals surface area contributed by atoms with Crippen LogP contribution in [-0.2, 0) is 0 Å². The summed E-state index contributed by atoms with van der Waals surface area (Å²) >= 11 is 0. The number of rotatable bonds is 0. The van der Waals surface area contributed by atoms with Crippen molar-refractivity contribution in [1.29, 1.82) is 0 Å². The molecule has 1 unspecified atom stereocenters. The molecule has 0 aliphatic carbocycles. The number of hydrogen-bond donors (Lipinski definition) is 0. The lowest BCUT2D eigenvalue weighted by molar-refractivity contribution is 0.124. The Kier molecular flexibility index (Phi) is 3.08. The van der Waals surface area contributed by atoms with Gasteiger partial charge in [-0.25, -0.2) is 0 Å². The summed E-state index contributed by atoms with van der Waals surface area (Å²) in [7, 11) is 6.38. The molecule has 4 heteroatoms. The van der Waals surface area contributed by atoms with Gasteiger partial charge < -0.3 is 0 Å². The lowest BCUT2D eigenvalue weighted by Gasteiger charge is -2.37. The molecule has 2 fully saturated rings. The topological polar surface area (TPSA) is 6.48 Å². The Morgan fingerprint density at radius 2 is 1.73 bits per heavy atom. The van der Waals surface area contributed by atoms with Crippen molar-refractivity contribution in [3.05, 3.63) is 0 Å². The largest absolute Gasteiger partial charge is 0.289 e. The Morgan fingerprint density at radius 1 is 1.07 bits per heavy atom. The lowest BCUT2D eigenvalue weighted by atomic mass is 10.1. The van der Waals surface area contributed by atoms with Crippen LogP contribution in [0, 0.1) is 0 Å². The molecular formula is C11H22N2S2. The summed E-state index contributed by atoms with van der Waals surface area (Å²) in [5.74, 6) is 0. The molecule has 0 N–H and O–H groups in total. The van der Waals surface area contributed by atoms with Crippen LogP contribution < -0.4 is 0 Å². The average Bonchev–Trinajstić information content (AvgIpc) is 2.39. The summed E-state index contributed by atoms with van der Waals surface area (Å²) in [4.78, 5) is 5.17. The molecule has 2 aliphatic heterocycles. The van der Waals surface area contributed by atoms with E-state index in [0.29, 0.717) is 15.7 Å².